The second-order valence-corrected chi connectivity index (χ2v) is 6.14. The maximum absolute atomic E-state index is 12.4. The molecule has 1 heterocycles. The standard InChI is InChI=1S/C18H19N3O3/c1-12-7-8-15(17(9-12)21(23)24)19-18(22)11-20-13(2)10-14-5-3-4-6-16(14)20/h3-9,13H,10-11H2,1-2H3,(H,19,22)/t13-/m0/s1. The normalized spacial score (nSPS) is 15.9. The number of hydrogen-bond donors (Lipinski definition) is 1. The highest BCUT2D eigenvalue weighted by Gasteiger charge is 2.27. The first-order valence-corrected chi connectivity index (χ1v) is 7.85. The Morgan fingerprint density at radius 2 is 2.08 bits per heavy atom. The molecule has 0 bridgehead atoms. The van der Waals surface area contributed by atoms with Crippen LogP contribution in [0.2, 0.25) is 0 Å². The van der Waals surface area contributed by atoms with Crippen molar-refractivity contribution in [3.8, 4) is 0 Å². The highest BCUT2D eigenvalue weighted by molar-refractivity contribution is 5.96. The number of nitro benzene ring substituents is 1. The molecule has 1 N–H and O–H groups in total. The van der Waals surface area contributed by atoms with Crippen LogP contribution in [-0.4, -0.2) is 23.4 Å². The van der Waals surface area contributed by atoms with Crippen molar-refractivity contribution < 1.29 is 9.72 Å². The van der Waals surface area contributed by atoms with E-state index in [0.717, 1.165) is 17.7 Å². The summed E-state index contributed by atoms with van der Waals surface area (Å²) in [6.45, 7) is 4.02. The first kappa shape index (κ1) is 16.0. The lowest BCUT2D eigenvalue weighted by atomic mass is 10.1. The Kier molecular flexibility index (Phi) is 4.20. The number of para-hydroxylation sites is 1. The fourth-order valence-corrected chi connectivity index (χ4v) is 3.11. The summed E-state index contributed by atoms with van der Waals surface area (Å²) in [4.78, 5) is 25.1. The van der Waals surface area contributed by atoms with E-state index in [0.29, 0.717) is 0 Å². The fraction of sp³-hybridized carbons (Fsp3) is 0.278. The van der Waals surface area contributed by atoms with Gasteiger partial charge in [-0.2, -0.15) is 0 Å². The van der Waals surface area contributed by atoms with Gasteiger partial charge in [-0.1, -0.05) is 24.3 Å². The molecule has 0 saturated carbocycles. The van der Waals surface area contributed by atoms with Crippen molar-refractivity contribution in [1.82, 2.24) is 0 Å². The Bertz CT molecular complexity index is 804. The molecule has 0 radical (unpaired) electrons. The van der Waals surface area contributed by atoms with E-state index >= 15 is 0 Å². The minimum atomic E-state index is -0.476. The van der Waals surface area contributed by atoms with Gasteiger partial charge in [0.1, 0.15) is 5.69 Å². The molecule has 3 rings (SSSR count). The summed E-state index contributed by atoms with van der Waals surface area (Å²) in [5, 5.41) is 13.8. The second kappa shape index (κ2) is 6.31. The zero-order valence-corrected chi connectivity index (χ0v) is 13.7. The number of carbonyl (C=O) groups excluding carboxylic acids is 1. The molecule has 2 aromatic rings. The summed E-state index contributed by atoms with van der Waals surface area (Å²) in [5.41, 5.74) is 3.20. The predicted molar refractivity (Wildman–Crippen MR) is 93.4 cm³/mol. The van der Waals surface area contributed by atoms with Crippen LogP contribution in [0, 0.1) is 17.0 Å². The molecule has 2 aromatic carbocycles. The van der Waals surface area contributed by atoms with Crippen LogP contribution < -0.4 is 10.2 Å². The third-order valence-electron chi connectivity index (χ3n) is 4.29. The monoisotopic (exact) mass is 325 g/mol. The lowest BCUT2D eigenvalue weighted by Crippen LogP contribution is -2.37. The van der Waals surface area contributed by atoms with E-state index < -0.39 is 4.92 Å². The average Bonchev–Trinajstić information content (AvgIpc) is 2.85. The Hall–Kier alpha value is -2.89. The van der Waals surface area contributed by atoms with Crippen LogP contribution in [-0.2, 0) is 11.2 Å². The van der Waals surface area contributed by atoms with E-state index in [4.69, 9.17) is 0 Å². The lowest BCUT2D eigenvalue weighted by Gasteiger charge is -2.24. The summed E-state index contributed by atoms with van der Waals surface area (Å²) in [6, 6.07) is 13.0. The van der Waals surface area contributed by atoms with Crippen LogP contribution in [0.3, 0.4) is 0 Å². The summed E-state index contributed by atoms with van der Waals surface area (Å²) in [6.07, 6.45) is 0.897. The van der Waals surface area contributed by atoms with Gasteiger partial charge in [0.2, 0.25) is 5.91 Å². The molecule has 0 saturated heterocycles. The number of carbonyl (C=O) groups is 1. The van der Waals surface area contributed by atoms with Crippen molar-refractivity contribution in [2.75, 3.05) is 16.8 Å². The summed E-state index contributed by atoms with van der Waals surface area (Å²) in [5.74, 6) is -0.259. The quantitative estimate of drug-likeness (QED) is 0.691. The Morgan fingerprint density at radius 3 is 2.83 bits per heavy atom. The van der Waals surface area contributed by atoms with E-state index in [1.807, 2.05) is 23.1 Å². The van der Waals surface area contributed by atoms with Gasteiger partial charge in [0.25, 0.3) is 5.69 Å². The molecule has 0 fully saturated rings. The zero-order chi connectivity index (χ0) is 17.3. The van der Waals surface area contributed by atoms with Crippen LogP contribution in [0.5, 0.6) is 0 Å². The van der Waals surface area contributed by atoms with Gasteiger partial charge in [0, 0.05) is 17.8 Å². The zero-order valence-electron chi connectivity index (χ0n) is 13.7. The van der Waals surface area contributed by atoms with Crippen molar-refractivity contribution in [3.63, 3.8) is 0 Å². The van der Waals surface area contributed by atoms with Gasteiger partial charge in [0.05, 0.1) is 11.5 Å². The van der Waals surface area contributed by atoms with Gasteiger partial charge in [0.15, 0.2) is 0 Å². The first-order chi connectivity index (χ1) is 11.5. The van der Waals surface area contributed by atoms with Crippen molar-refractivity contribution in [1.29, 1.82) is 0 Å². The minimum absolute atomic E-state index is 0.0850. The molecule has 1 aliphatic heterocycles. The van der Waals surface area contributed by atoms with E-state index in [9.17, 15) is 14.9 Å². The molecule has 0 aromatic heterocycles. The van der Waals surface area contributed by atoms with Gasteiger partial charge >= 0.3 is 0 Å². The van der Waals surface area contributed by atoms with Gasteiger partial charge in [-0.05, 0) is 43.5 Å². The molecular formula is C18H19N3O3. The topological polar surface area (TPSA) is 75.5 Å². The number of rotatable bonds is 4. The number of hydrogen-bond acceptors (Lipinski definition) is 4. The van der Waals surface area contributed by atoms with Gasteiger partial charge in [-0.15, -0.1) is 0 Å². The third-order valence-corrected chi connectivity index (χ3v) is 4.29. The summed E-state index contributed by atoms with van der Waals surface area (Å²) in [7, 11) is 0. The van der Waals surface area contributed by atoms with Crippen LogP contribution in [0.1, 0.15) is 18.1 Å². The van der Waals surface area contributed by atoms with Crippen LogP contribution >= 0.6 is 0 Å². The van der Waals surface area contributed by atoms with Gasteiger partial charge < -0.3 is 10.2 Å². The SMILES string of the molecule is Cc1ccc(NC(=O)CN2c3ccccc3C[C@@H]2C)c([N+](=O)[O-])c1. The number of nitrogens with one attached hydrogen (secondary N) is 1. The van der Waals surface area contributed by atoms with Crippen LogP contribution in [0.4, 0.5) is 17.1 Å². The van der Waals surface area contributed by atoms with Crippen molar-refractivity contribution in [2.45, 2.75) is 26.3 Å². The van der Waals surface area contributed by atoms with E-state index in [1.165, 1.54) is 11.6 Å². The van der Waals surface area contributed by atoms with Gasteiger partial charge in [-0.25, -0.2) is 0 Å². The number of fused-ring (bicyclic) bond motifs is 1. The van der Waals surface area contributed by atoms with Crippen LogP contribution in [0.25, 0.3) is 0 Å². The summed E-state index contributed by atoms with van der Waals surface area (Å²) < 4.78 is 0. The number of nitrogens with zero attached hydrogens (tertiary/aromatic N) is 2. The van der Waals surface area contributed by atoms with E-state index in [2.05, 4.69) is 18.3 Å². The molecule has 6 heteroatoms. The average molecular weight is 325 g/mol. The highest BCUT2D eigenvalue weighted by Crippen LogP contribution is 2.31. The number of anilines is 2. The molecule has 24 heavy (non-hydrogen) atoms. The molecule has 0 spiro atoms. The Labute approximate surface area is 140 Å². The smallest absolute Gasteiger partial charge is 0.293 e. The molecule has 1 aliphatic rings. The van der Waals surface area contributed by atoms with Crippen molar-refractivity contribution >= 4 is 23.0 Å². The fourth-order valence-electron chi connectivity index (χ4n) is 3.11. The van der Waals surface area contributed by atoms with Gasteiger partial charge in [-0.3, -0.25) is 14.9 Å². The van der Waals surface area contributed by atoms with Crippen LogP contribution in [0.15, 0.2) is 42.5 Å². The molecule has 1 atom stereocenters. The molecule has 1 amide bonds. The third kappa shape index (κ3) is 3.08. The number of amides is 1. The molecule has 6 nitrogen and oxygen atoms in total. The number of benzene rings is 2. The molecule has 0 aliphatic carbocycles. The maximum atomic E-state index is 12.4. The molecule has 124 valence electrons. The Balaban J connectivity index is 1.76. The highest BCUT2D eigenvalue weighted by atomic mass is 16.6. The summed E-state index contributed by atoms with van der Waals surface area (Å²) >= 11 is 0. The largest absolute Gasteiger partial charge is 0.359 e. The molecular weight excluding hydrogens is 306 g/mol. The Morgan fingerprint density at radius 1 is 1.33 bits per heavy atom. The second-order valence-electron chi connectivity index (χ2n) is 6.14. The van der Waals surface area contributed by atoms with E-state index in [-0.39, 0.29) is 29.9 Å². The number of nitro groups is 1. The molecule has 0 unspecified atom stereocenters. The lowest BCUT2D eigenvalue weighted by molar-refractivity contribution is -0.384. The van der Waals surface area contributed by atoms with E-state index in [1.54, 1.807) is 19.1 Å². The van der Waals surface area contributed by atoms with Crippen molar-refractivity contribution in [2.24, 2.45) is 0 Å². The minimum Gasteiger partial charge on any atom is -0.359 e. The number of aryl methyl sites for hydroxylation is 1. The predicted octanol–water partition coefficient (Wildman–Crippen LogP) is 3.29. The maximum Gasteiger partial charge on any atom is 0.293 e. The van der Waals surface area contributed by atoms with Crippen molar-refractivity contribution in [3.05, 3.63) is 63.7 Å². The first-order valence-electron chi connectivity index (χ1n) is 7.85.